The largest absolute Gasteiger partial charge is 0.422 e. The molecule has 0 bridgehead atoms. The van der Waals surface area contributed by atoms with Gasteiger partial charge in [-0.3, -0.25) is 0 Å². The van der Waals surface area contributed by atoms with Crippen molar-refractivity contribution in [1.82, 2.24) is 9.97 Å². The number of nitrogens with zero attached hydrogens (tertiary/aromatic N) is 2. The van der Waals surface area contributed by atoms with Gasteiger partial charge in [-0.1, -0.05) is 51.4 Å². The summed E-state index contributed by atoms with van der Waals surface area (Å²) >= 11 is 10.7. The topological polar surface area (TPSA) is 52.1 Å². The van der Waals surface area contributed by atoms with Gasteiger partial charge < -0.3 is 4.74 Å². The molecule has 0 radical (unpaired) electrons. The van der Waals surface area contributed by atoms with E-state index in [9.17, 15) is 9.18 Å². The van der Waals surface area contributed by atoms with E-state index in [2.05, 4.69) is 25.9 Å². The zero-order valence-electron chi connectivity index (χ0n) is 13.2. The predicted molar refractivity (Wildman–Crippen MR) is 102 cm³/mol. The molecule has 0 saturated heterocycles. The molecule has 3 aromatic rings. The number of halogens is 3. The smallest absolute Gasteiger partial charge is 0.364 e. The molecule has 1 heterocycles. The van der Waals surface area contributed by atoms with Crippen LogP contribution in [0.15, 0.2) is 64.4 Å². The van der Waals surface area contributed by atoms with Crippen molar-refractivity contribution >= 4 is 45.3 Å². The number of carbonyl (C=O) groups excluding carboxylic acids is 1. The molecular formula is C18H11BrClFN2O2S. The van der Waals surface area contributed by atoms with Gasteiger partial charge in [-0.15, -0.1) is 0 Å². The molecule has 26 heavy (non-hydrogen) atoms. The van der Waals surface area contributed by atoms with Crippen molar-refractivity contribution < 1.29 is 13.9 Å². The SMILES string of the molecule is O=C(Oc1ccc(Br)cc1)c1nc(SCc2ccc(F)cc2)ncc1Cl. The average Bonchev–Trinajstić information content (AvgIpc) is 2.64. The lowest BCUT2D eigenvalue weighted by Gasteiger charge is -2.07. The van der Waals surface area contributed by atoms with Crippen molar-refractivity contribution in [2.45, 2.75) is 10.9 Å². The molecule has 132 valence electrons. The minimum atomic E-state index is -0.664. The number of aromatic nitrogens is 2. The third-order valence-electron chi connectivity index (χ3n) is 3.22. The van der Waals surface area contributed by atoms with Crippen molar-refractivity contribution in [2.75, 3.05) is 0 Å². The van der Waals surface area contributed by atoms with Crippen LogP contribution < -0.4 is 4.74 Å². The molecule has 0 aliphatic heterocycles. The van der Waals surface area contributed by atoms with Gasteiger partial charge in [-0.05, 0) is 42.0 Å². The van der Waals surface area contributed by atoms with Crippen LogP contribution in [0.5, 0.6) is 5.75 Å². The summed E-state index contributed by atoms with van der Waals surface area (Å²) in [6.45, 7) is 0. The van der Waals surface area contributed by atoms with Gasteiger partial charge in [0.05, 0.1) is 11.2 Å². The second-order valence-corrected chi connectivity index (χ2v) is 7.37. The van der Waals surface area contributed by atoms with Gasteiger partial charge in [0.15, 0.2) is 10.9 Å². The zero-order chi connectivity index (χ0) is 18.5. The summed E-state index contributed by atoms with van der Waals surface area (Å²) in [6.07, 6.45) is 1.36. The maximum absolute atomic E-state index is 12.9. The molecule has 2 aromatic carbocycles. The molecule has 1 aromatic heterocycles. The Morgan fingerprint density at radius 2 is 1.85 bits per heavy atom. The number of hydrogen-bond donors (Lipinski definition) is 0. The Kier molecular flexibility index (Phi) is 6.24. The van der Waals surface area contributed by atoms with Crippen LogP contribution in [0.2, 0.25) is 5.02 Å². The minimum Gasteiger partial charge on any atom is -0.422 e. The van der Waals surface area contributed by atoms with Crippen LogP contribution in [0.1, 0.15) is 16.1 Å². The van der Waals surface area contributed by atoms with E-state index in [0.29, 0.717) is 16.7 Å². The van der Waals surface area contributed by atoms with Crippen LogP contribution in [-0.2, 0) is 5.75 Å². The van der Waals surface area contributed by atoms with Gasteiger partial charge in [0, 0.05) is 10.2 Å². The van der Waals surface area contributed by atoms with E-state index in [-0.39, 0.29) is 16.5 Å². The molecule has 3 rings (SSSR count). The summed E-state index contributed by atoms with van der Waals surface area (Å²) < 4.78 is 19.1. The highest BCUT2D eigenvalue weighted by Gasteiger charge is 2.17. The molecule has 8 heteroatoms. The van der Waals surface area contributed by atoms with Crippen LogP contribution >= 0.6 is 39.3 Å². The van der Waals surface area contributed by atoms with Gasteiger partial charge in [-0.25, -0.2) is 19.2 Å². The summed E-state index contributed by atoms with van der Waals surface area (Å²) in [6, 6.07) is 13.0. The van der Waals surface area contributed by atoms with Gasteiger partial charge in [-0.2, -0.15) is 0 Å². The number of ether oxygens (including phenoxy) is 1. The zero-order valence-corrected chi connectivity index (χ0v) is 16.3. The molecule has 0 atom stereocenters. The van der Waals surface area contributed by atoms with Crippen LogP contribution in [0, 0.1) is 5.82 Å². The molecule has 0 spiro atoms. The molecule has 0 aliphatic rings. The molecule has 0 aliphatic carbocycles. The summed E-state index contributed by atoms with van der Waals surface area (Å²) in [4.78, 5) is 20.6. The van der Waals surface area contributed by atoms with E-state index in [1.807, 2.05) is 0 Å². The van der Waals surface area contributed by atoms with E-state index in [4.69, 9.17) is 16.3 Å². The Balaban J connectivity index is 1.71. The Labute approximate surface area is 166 Å². The summed E-state index contributed by atoms with van der Waals surface area (Å²) in [5.74, 6) is -0.0421. The third-order valence-corrected chi connectivity index (χ3v) is 4.96. The maximum Gasteiger partial charge on any atom is 0.364 e. The van der Waals surface area contributed by atoms with Gasteiger partial charge in [0.25, 0.3) is 0 Å². The Morgan fingerprint density at radius 1 is 1.15 bits per heavy atom. The lowest BCUT2D eigenvalue weighted by atomic mass is 10.2. The molecule has 0 N–H and O–H groups in total. The highest BCUT2D eigenvalue weighted by atomic mass is 79.9. The van der Waals surface area contributed by atoms with Gasteiger partial charge in [0.1, 0.15) is 11.6 Å². The molecule has 0 unspecified atom stereocenters. The second-order valence-electron chi connectivity index (χ2n) is 5.11. The van der Waals surface area contributed by atoms with Crippen LogP contribution in [0.3, 0.4) is 0 Å². The highest BCUT2D eigenvalue weighted by molar-refractivity contribution is 9.10. The van der Waals surface area contributed by atoms with Gasteiger partial charge in [0.2, 0.25) is 0 Å². The van der Waals surface area contributed by atoms with Crippen molar-refractivity contribution in [3.05, 3.63) is 81.3 Å². The van der Waals surface area contributed by atoms with Crippen molar-refractivity contribution in [3.63, 3.8) is 0 Å². The molecular weight excluding hydrogens is 443 g/mol. The number of thioether (sulfide) groups is 1. The van der Waals surface area contributed by atoms with E-state index in [0.717, 1.165) is 10.0 Å². The monoisotopic (exact) mass is 452 g/mol. The fraction of sp³-hybridized carbons (Fsp3) is 0.0556. The Morgan fingerprint density at radius 3 is 2.54 bits per heavy atom. The van der Waals surface area contributed by atoms with E-state index in [1.165, 1.54) is 30.1 Å². The fourth-order valence-electron chi connectivity index (χ4n) is 1.95. The van der Waals surface area contributed by atoms with Crippen LogP contribution in [0.25, 0.3) is 0 Å². The minimum absolute atomic E-state index is 0.00816. The van der Waals surface area contributed by atoms with Crippen molar-refractivity contribution in [2.24, 2.45) is 0 Å². The first kappa shape index (κ1) is 18.8. The van der Waals surface area contributed by atoms with Crippen LogP contribution in [0.4, 0.5) is 4.39 Å². The lowest BCUT2D eigenvalue weighted by molar-refractivity contribution is 0.0727. The summed E-state index contributed by atoms with van der Waals surface area (Å²) in [5.41, 5.74) is 0.903. The average molecular weight is 454 g/mol. The predicted octanol–water partition coefficient (Wildman–Crippen LogP) is 5.54. The van der Waals surface area contributed by atoms with Crippen molar-refractivity contribution in [3.8, 4) is 5.75 Å². The number of carbonyl (C=O) groups is 1. The third kappa shape index (κ3) is 5.03. The lowest BCUT2D eigenvalue weighted by Crippen LogP contribution is -2.12. The van der Waals surface area contributed by atoms with Crippen molar-refractivity contribution in [1.29, 1.82) is 0 Å². The maximum atomic E-state index is 12.9. The standard InChI is InChI=1S/C18H11BrClFN2O2S/c19-12-3-7-14(8-4-12)25-17(24)16-15(20)9-22-18(23-16)26-10-11-1-5-13(21)6-2-11/h1-9H,10H2. The first-order valence-corrected chi connectivity index (χ1v) is 9.54. The number of benzene rings is 2. The molecule has 4 nitrogen and oxygen atoms in total. The summed E-state index contributed by atoms with van der Waals surface area (Å²) in [7, 11) is 0. The number of rotatable bonds is 5. The van der Waals surface area contributed by atoms with E-state index < -0.39 is 5.97 Å². The molecule has 0 saturated carbocycles. The Hall–Kier alpha value is -1.96. The number of hydrogen-bond acceptors (Lipinski definition) is 5. The van der Waals surface area contributed by atoms with Crippen LogP contribution in [-0.4, -0.2) is 15.9 Å². The number of esters is 1. The second kappa shape index (κ2) is 8.62. The first-order valence-electron chi connectivity index (χ1n) is 7.39. The fourth-order valence-corrected chi connectivity index (χ4v) is 3.15. The molecule has 0 fully saturated rings. The highest BCUT2D eigenvalue weighted by Crippen LogP contribution is 2.23. The summed E-state index contributed by atoms with van der Waals surface area (Å²) in [5, 5.41) is 0.486. The normalized spacial score (nSPS) is 10.6. The van der Waals surface area contributed by atoms with E-state index in [1.54, 1.807) is 36.4 Å². The van der Waals surface area contributed by atoms with Gasteiger partial charge >= 0.3 is 5.97 Å². The Bertz CT molecular complexity index is 923. The van der Waals surface area contributed by atoms with E-state index >= 15 is 0 Å². The molecule has 0 amide bonds. The quantitative estimate of drug-likeness (QED) is 0.220. The first-order chi connectivity index (χ1) is 12.5.